The second-order valence-electron chi connectivity index (χ2n) is 22.9. The first kappa shape index (κ1) is 50.2. The van der Waals surface area contributed by atoms with Gasteiger partial charge in [-0.25, -0.2) is 19.9 Å². The monoisotopic (exact) mass is 1170 g/mol. The molecule has 0 aliphatic carbocycles. The summed E-state index contributed by atoms with van der Waals surface area (Å²) < 4.78 is 21.9. The first-order valence-corrected chi connectivity index (χ1v) is 30.9. The average molecular weight is 1170 g/mol. The highest BCUT2D eigenvalue weighted by Gasteiger charge is 2.22. The van der Waals surface area contributed by atoms with Gasteiger partial charge >= 0.3 is 0 Å². The summed E-state index contributed by atoms with van der Waals surface area (Å²) in [6, 6.07) is 95.7. The summed E-state index contributed by atoms with van der Waals surface area (Å²) in [5, 5.41) is 14.2. The first-order valence-electron chi connectivity index (χ1n) is 30.1. The highest BCUT2D eigenvalue weighted by atomic mass is 32.1. The van der Waals surface area contributed by atoms with Crippen LogP contribution in [0.25, 0.3) is 181 Å². The Hall–Kier alpha value is -12.0. The number of rotatable bonds is 6. The molecule has 0 saturated carbocycles. The molecule has 9 nitrogen and oxygen atoms in total. The molecule has 12 aromatic carbocycles. The van der Waals surface area contributed by atoms with Crippen LogP contribution in [0.3, 0.4) is 0 Å². The van der Waals surface area contributed by atoms with E-state index in [-0.39, 0.29) is 0 Å². The van der Waals surface area contributed by atoms with Crippen LogP contribution in [-0.2, 0) is 0 Å². The first-order chi connectivity index (χ1) is 44.6. The Morgan fingerprint density at radius 3 is 1.51 bits per heavy atom. The zero-order valence-electron chi connectivity index (χ0n) is 48.0. The number of benzene rings is 12. The minimum Gasteiger partial charge on any atom is -0.456 e. The van der Waals surface area contributed by atoms with Crippen molar-refractivity contribution in [2.24, 2.45) is 0 Å². The Labute approximate surface area is 516 Å². The molecule has 0 saturated heterocycles. The third kappa shape index (κ3) is 7.75. The minimum atomic E-state index is 0.626. The number of aromatic nitrogens is 7. The van der Waals surface area contributed by atoms with Crippen LogP contribution in [0.2, 0.25) is 0 Å². The van der Waals surface area contributed by atoms with Gasteiger partial charge in [-0.3, -0.25) is 4.57 Å². The molecular formula is C80H47N7O2S. The molecule has 420 valence electrons. The van der Waals surface area contributed by atoms with Gasteiger partial charge in [0.05, 0.1) is 44.5 Å². The maximum Gasteiger partial charge on any atom is 0.235 e. The van der Waals surface area contributed by atoms with Crippen LogP contribution in [0.4, 0.5) is 0 Å². The molecule has 8 heterocycles. The van der Waals surface area contributed by atoms with Crippen molar-refractivity contribution in [2.45, 2.75) is 0 Å². The van der Waals surface area contributed by atoms with Crippen molar-refractivity contribution in [1.29, 1.82) is 0 Å². The Kier molecular flexibility index (Phi) is 11.0. The summed E-state index contributed by atoms with van der Waals surface area (Å²) in [6.45, 7) is 0. The Morgan fingerprint density at radius 1 is 0.289 bits per heavy atom. The maximum absolute atomic E-state index is 6.31. The molecule has 10 heteroatoms. The zero-order valence-corrected chi connectivity index (χ0v) is 48.8. The van der Waals surface area contributed by atoms with Gasteiger partial charge in [0.25, 0.3) is 0 Å². The zero-order chi connectivity index (χ0) is 59.0. The van der Waals surface area contributed by atoms with Gasteiger partial charge in [0, 0.05) is 127 Å². The van der Waals surface area contributed by atoms with Gasteiger partial charge < -0.3 is 18.0 Å². The lowest BCUT2D eigenvalue weighted by Gasteiger charge is -2.10. The Bertz CT molecular complexity index is 6320. The summed E-state index contributed by atoms with van der Waals surface area (Å²) in [5.74, 6) is 1.33. The quantitative estimate of drug-likeness (QED) is 0.165. The van der Waals surface area contributed by atoms with E-state index in [1.807, 2.05) is 60.1 Å². The van der Waals surface area contributed by atoms with Crippen molar-refractivity contribution in [1.82, 2.24) is 33.6 Å². The number of furan rings is 2. The maximum atomic E-state index is 6.31. The molecule has 0 bridgehead atoms. The molecule has 20 rings (SSSR count). The van der Waals surface area contributed by atoms with Crippen LogP contribution < -0.4 is 0 Å². The molecule has 0 aliphatic rings. The van der Waals surface area contributed by atoms with Gasteiger partial charge in [-0.15, -0.1) is 11.3 Å². The third-order valence-electron chi connectivity index (χ3n) is 17.9. The summed E-state index contributed by atoms with van der Waals surface area (Å²) in [7, 11) is 0. The summed E-state index contributed by atoms with van der Waals surface area (Å²) >= 11 is 1.82. The van der Waals surface area contributed by atoms with E-state index < -0.39 is 0 Å². The van der Waals surface area contributed by atoms with Gasteiger partial charge in [-0.2, -0.15) is 0 Å². The number of thiophene rings is 1. The SMILES string of the molecule is c1cc(-c2nccc(-c3cccc4c3sc3ccccc34)n2)cc(-n2c3ccccc3c3cc4c(cc32)oc2ccccc24)c1.c1ccc(-n2c3ccccc3c3cc(-c4ccnc(-n5c6ccccc6c6cc7c(cc65)oc5ccccc57)n4)ccc32)cc1. The van der Waals surface area contributed by atoms with E-state index in [9.17, 15) is 0 Å². The molecule has 0 N–H and O–H groups in total. The highest BCUT2D eigenvalue weighted by Crippen LogP contribution is 2.43. The number of fused-ring (bicyclic) bond motifs is 18. The predicted molar refractivity (Wildman–Crippen MR) is 371 cm³/mol. The lowest BCUT2D eigenvalue weighted by atomic mass is 10.1. The molecule has 0 aliphatic heterocycles. The van der Waals surface area contributed by atoms with Crippen LogP contribution in [0.15, 0.2) is 294 Å². The topological polar surface area (TPSA) is 92.6 Å². The fourth-order valence-electron chi connectivity index (χ4n) is 13.9. The van der Waals surface area contributed by atoms with E-state index in [2.05, 4.69) is 250 Å². The molecule has 8 aromatic heterocycles. The standard InChI is InChI=1S/C40H24N4O.C40H23N3OS/c1-2-10-26(11-3-1)43-34-15-7-4-12-27(34)30-22-25(18-19-36(30)43)33-20-21-41-40(42-33)44-35-16-8-5-13-28(35)31-23-32-29-14-6-9-17-38(29)45-39(32)24-37(31)44;1-4-16-34-26(11-1)31-22-32-27-12-2-5-17-36(27)44-37(32)23-35(31)43(34)25-10-7-9-24(21-25)40-41-20-19-33(42-40)30-15-8-14-29-28-13-3-6-18-38(28)45-39(29)30/h1-24H;1-23H. The van der Waals surface area contributed by atoms with Crippen molar-refractivity contribution in [2.75, 3.05) is 0 Å². The molecular weight excluding hydrogens is 1120 g/mol. The van der Waals surface area contributed by atoms with E-state index >= 15 is 0 Å². The van der Waals surface area contributed by atoms with Crippen molar-refractivity contribution >= 4 is 141 Å². The second-order valence-corrected chi connectivity index (χ2v) is 23.9. The molecule has 0 fully saturated rings. The number of hydrogen-bond donors (Lipinski definition) is 0. The van der Waals surface area contributed by atoms with Gasteiger partial charge in [0.2, 0.25) is 5.95 Å². The molecule has 0 amide bonds. The molecule has 90 heavy (non-hydrogen) atoms. The van der Waals surface area contributed by atoms with Gasteiger partial charge in [0.1, 0.15) is 22.3 Å². The van der Waals surface area contributed by atoms with Crippen molar-refractivity contribution in [3.63, 3.8) is 0 Å². The summed E-state index contributed by atoms with van der Waals surface area (Å²) in [5.41, 5.74) is 17.3. The van der Waals surface area contributed by atoms with E-state index in [4.69, 9.17) is 28.8 Å². The number of hydrogen-bond acceptors (Lipinski definition) is 7. The van der Waals surface area contributed by atoms with Gasteiger partial charge in [-0.1, -0.05) is 164 Å². The second kappa shape index (κ2) is 19.8. The molecule has 0 spiro atoms. The van der Waals surface area contributed by atoms with Gasteiger partial charge in [-0.05, 0) is 97.1 Å². The fourth-order valence-corrected chi connectivity index (χ4v) is 15.1. The minimum absolute atomic E-state index is 0.626. The van der Waals surface area contributed by atoms with Crippen LogP contribution in [0.5, 0.6) is 0 Å². The molecule has 0 radical (unpaired) electrons. The van der Waals surface area contributed by atoms with Crippen molar-refractivity contribution < 1.29 is 8.83 Å². The highest BCUT2D eigenvalue weighted by molar-refractivity contribution is 7.26. The summed E-state index contributed by atoms with van der Waals surface area (Å²) in [4.78, 5) is 19.8. The third-order valence-corrected chi connectivity index (χ3v) is 19.1. The number of para-hydroxylation sites is 6. The van der Waals surface area contributed by atoms with E-state index in [1.54, 1.807) is 0 Å². The van der Waals surface area contributed by atoms with Crippen LogP contribution in [0.1, 0.15) is 0 Å². The van der Waals surface area contributed by atoms with E-state index in [1.165, 1.54) is 47.2 Å². The largest absolute Gasteiger partial charge is 0.456 e. The molecule has 20 aromatic rings. The Morgan fingerprint density at radius 2 is 0.811 bits per heavy atom. The van der Waals surface area contributed by atoms with Crippen LogP contribution in [-0.4, -0.2) is 33.6 Å². The van der Waals surface area contributed by atoms with Crippen molar-refractivity contribution in [3.05, 3.63) is 285 Å². The van der Waals surface area contributed by atoms with E-state index in [0.717, 1.165) is 122 Å². The Balaban J connectivity index is 0.000000130. The average Bonchev–Trinajstić information content (AvgIpc) is 1.68. The predicted octanol–water partition coefficient (Wildman–Crippen LogP) is 21.4. The van der Waals surface area contributed by atoms with Crippen LogP contribution in [0, 0.1) is 0 Å². The molecule has 0 unspecified atom stereocenters. The fraction of sp³-hybridized carbons (Fsp3) is 0. The van der Waals surface area contributed by atoms with Gasteiger partial charge in [0.15, 0.2) is 5.82 Å². The molecule has 0 atom stereocenters. The lowest BCUT2D eigenvalue weighted by molar-refractivity contribution is 0.669. The lowest BCUT2D eigenvalue weighted by Crippen LogP contribution is -2.01. The van der Waals surface area contributed by atoms with Crippen LogP contribution >= 0.6 is 11.3 Å². The van der Waals surface area contributed by atoms with E-state index in [0.29, 0.717) is 11.8 Å². The normalized spacial score (nSPS) is 12.0. The number of nitrogens with zero attached hydrogens (tertiary/aromatic N) is 7. The smallest absolute Gasteiger partial charge is 0.235 e. The summed E-state index contributed by atoms with van der Waals surface area (Å²) in [6.07, 6.45) is 3.73. The van der Waals surface area contributed by atoms with Crippen molar-refractivity contribution in [3.8, 4) is 51.2 Å².